The van der Waals surface area contributed by atoms with Crippen LogP contribution in [0.1, 0.15) is 59.8 Å². The molecular weight excluding hydrogens is 430 g/mol. The molecule has 0 bridgehead atoms. The summed E-state index contributed by atoms with van der Waals surface area (Å²) in [6.07, 6.45) is 2.55. The van der Waals surface area contributed by atoms with Crippen molar-refractivity contribution in [3.05, 3.63) is 64.5 Å². The molecule has 2 aromatic carbocycles. The van der Waals surface area contributed by atoms with Gasteiger partial charge in [-0.25, -0.2) is 9.78 Å². The zero-order valence-corrected chi connectivity index (χ0v) is 20.0. The van der Waals surface area contributed by atoms with Gasteiger partial charge >= 0.3 is 12.1 Å². The Morgan fingerprint density at radius 1 is 1.21 bits per heavy atom. The summed E-state index contributed by atoms with van der Waals surface area (Å²) >= 11 is 0. The predicted molar refractivity (Wildman–Crippen MR) is 129 cm³/mol. The largest absolute Gasteiger partial charge is 0.481 e. The van der Waals surface area contributed by atoms with Crippen LogP contribution in [-0.4, -0.2) is 45.3 Å². The number of aliphatic carboxylic acids is 1. The molecule has 1 amide bonds. The van der Waals surface area contributed by atoms with Crippen molar-refractivity contribution < 1.29 is 19.4 Å². The Labute approximate surface area is 199 Å². The number of nitrogens with zero attached hydrogens (tertiary/aromatic N) is 3. The number of hydrogen-bond acceptors (Lipinski definition) is 4. The Morgan fingerprint density at radius 2 is 1.97 bits per heavy atom. The van der Waals surface area contributed by atoms with Gasteiger partial charge in [0.15, 0.2) is 0 Å². The quantitative estimate of drug-likeness (QED) is 0.587. The SMILES string of the molecule is COC(=O)N1CCc2ccc3c(nc(C4CC(C(=O)O)C4)n3[C@@H](C)Cc3ccccc3C)c2C1. The number of methoxy groups -OCH3 is 1. The molecule has 1 aliphatic carbocycles. The molecule has 1 saturated carbocycles. The van der Waals surface area contributed by atoms with Gasteiger partial charge in [-0.3, -0.25) is 4.79 Å². The molecule has 34 heavy (non-hydrogen) atoms. The third-order valence-electron chi connectivity index (χ3n) is 7.59. The van der Waals surface area contributed by atoms with E-state index in [1.807, 2.05) is 0 Å². The highest BCUT2D eigenvalue weighted by molar-refractivity contribution is 5.83. The molecule has 1 atom stereocenters. The van der Waals surface area contributed by atoms with Crippen molar-refractivity contribution >= 4 is 23.1 Å². The number of hydrogen-bond donors (Lipinski definition) is 1. The smallest absolute Gasteiger partial charge is 0.409 e. The van der Waals surface area contributed by atoms with Crippen molar-refractivity contribution in [1.29, 1.82) is 0 Å². The number of rotatable bonds is 5. The highest BCUT2D eigenvalue weighted by Gasteiger charge is 2.39. The first-order valence-corrected chi connectivity index (χ1v) is 12.0. The summed E-state index contributed by atoms with van der Waals surface area (Å²) in [6, 6.07) is 12.9. The van der Waals surface area contributed by atoms with Crippen molar-refractivity contribution in [1.82, 2.24) is 14.5 Å². The lowest BCUT2D eigenvalue weighted by atomic mass is 9.74. The van der Waals surface area contributed by atoms with Gasteiger partial charge in [0.25, 0.3) is 0 Å². The van der Waals surface area contributed by atoms with Crippen molar-refractivity contribution in [3.63, 3.8) is 0 Å². The van der Waals surface area contributed by atoms with Gasteiger partial charge in [-0.1, -0.05) is 30.3 Å². The van der Waals surface area contributed by atoms with E-state index >= 15 is 0 Å². The molecular formula is C27H31N3O4. The van der Waals surface area contributed by atoms with Crippen LogP contribution >= 0.6 is 0 Å². The van der Waals surface area contributed by atoms with Crippen molar-refractivity contribution in [2.45, 2.75) is 58.0 Å². The molecule has 0 radical (unpaired) electrons. The van der Waals surface area contributed by atoms with Gasteiger partial charge in [0, 0.05) is 24.1 Å². The minimum atomic E-state index is -0.724. The average Bonchev–Trinajstić information content (AvgIpc) is 3.18. The summed E-state index contributed by atoms with van der Waals surface area (Å²) in [7, 11) is 1.41. The van der Waals surface area contributed by atoms with E-state index in [1.165, 1.54) is 23.8 Å². The summed E-state index contributed by atoms with van der Waals surface area (Å²) in [6.45, 7) is 5.45. The van der Waals surface area contributed by atoms with Gasteiger partial charge in [0.2, 0.25) is 0 Å². The van der Waals surface area contributed by atoms with Crippen LogP contribution in [0.3, 0.4) is 0 Å². The number of carboxylic acids is 1. The van der Waals surface area contributed by atoms with Gasteiger partial charge in [0.05, 0.1) is 30.6 Å². The second kappa shape index (κ2) is 8.78. The number of aromatic nitrogens is 2. The molecule has 1 aromatic heterocycles. The van der Waals surface area contributed by atoms with Gasteiger partial charge in [-0.15, -0.1) is 0 Å². The third-order valence-corrected chi connectivity index (χ3v) is 7.59. The number of ether oxygens (including phenoxy) is 1. The van der Waals surface area contributed by atoms with Gasteiger partial charge < -0.3 is 19.3 Å². The molecule has 2 heterocycles. The number of imidazole rings is 1. The van der Waals surface area contributed by atoms with E-state index in [0.29, 0.717) is 25.9 Å². The Kier molecular flexibility index (Phi) is 5.80. The number of carbonyl (C=O) groups excluding carboxylic acids is 1. The maximum absolute atomic E-state index is 12.2. The first-order chi connectivity index (χ1) is 16.4. The average molecular weight is 462 g/mol. The van der Waals surface area contributed by atoms with Gasteiger partial charge in [-0.2, -0.15) is 0 Å². The first-order valence-electron chi connectivity index (χ1n) is 12.0. The first kappa shape index (κ1) is 22.4. The minimum Gasteiger partial charge on any atom is -0.481 e. The molecule has 3 aromatic rings. The van der Waals surface area contributed by atoms with Crippen LogP contribution in [-0.2, 0) is 28.9 Å². The highest BCUT2D eigenvalue weighted by atomic mass is 16.5. The monoisotopic (exact) mass is 461 g/mol. The molecule has 7 nitrogen and oxygen atoms in total. The lowest BCUT2D eigenvalue weighted by molar-refractivity contribution is -0.145. The minimum absolute atomic E-state index is 0.128. The molecule has 0 saturated heterocycles. The molecule has 178 valence electrons. The summed E-state index contributed by atoms with van der Waals surface area (Å²) in [5.74, 6) is 0.0765. The maximum atomic E-state index is 12.2. The summed E-state index contributed by atoms with van der Waals surface area (Å²) < 4.78 is 7.29. The topological polar surface area (TPSA) is 84.7 Å². The van der Waals surface area contributed by atoms with Crippen molar-refractivity contribution in [3.8, 4) is 0 Å². The fraction of sp³-hybridized carbons (Fsp3) is 0.444. The predicted octanol–water partition coefficient (Wildman–Crippen LogP) is 4.85. The number of benzene rings is 2. The van der Waals surface area contributed by atoms with E-state index in [9.17, 15) is 14.7 Å². The summed E-state index contributed by atoms with van der Waals surface area (Å²) in [4.78, 5) is 30.5. The molecule has 2 aliphatic rings. The molecule has 0 spiro atoms. The number of carboxylic acid groups (broad SMARTS) is 1. The van der Waals surface area contributed by atoms with Crippen LogP contribution in [0.5, 0.6) is 0 Å². The van der Waals surface area contributed by atoms with Crippen molar-refractivity contribution in [2.75, 3.05) is 13.7 Å². The van der Waals surface area contributed by atoms with Crippen LogP contribution in [0.4, 0.5) is 4.79 Å². The summed E-state index contributed by atoms with van der Waals surface area (Å²) in [5, 5.41) is 9.43. The second-order valence-corrected chi connectivity index (χ2v) is 9.74. The molecule has 7 heteroatoms. The Hall–Kier alpha value is -3.35. The van der Waals surface area contributed by atoms with Crippen LogP contribution in [0.25, 0.3) is 11.0 Å². The van der Waals surface area contributed by atoms with E-state index in [-0.39, 0.29) is 24.0 Å². The standard InChI is InChI=1S/C27H31N3O4/c1-16-6-4-5-7-19(16)12-17(2)30-23-9-8-18-10-11-29(27(33)34-3)15-22(18)24(23)28-25(30)20-13-21(14-20)26(31)32/h4-9,17,20-21H,10-15H2,1-3H3,(H,31,32)/t17-,20?,21?/m0/s1. The zero-order chi connectivity index (χ0) is 24.0. The van der Waals surface area contributed by atoms with E-state index in [2.05, 4.69) is 54.8 Å². The van der Waals surface area contributed by atoms with Gasteiger partial charge in [-0.05, 0) is 62.3 Å². The van der Waals surface area contributed by atoms with Crippen LogP contribution in [0.15, 0.2) is 36.4 Å². The normalized spacial score (nSPS) is 20.5. The molecule has 1 fully saturated rings. The fourth-order valence-corrected chi connectivity index (χ4v) is 5.53. The molecule has 1 N–H and O–H groups in total. The molecule has 5 rings (SSSR count). The third kappa shape index (κ3) is 3.83. The van der Waals surface area contributed by atoms with Crippen molar-refractivity contribution in [2.24, 2.45) is 5.92 Å². The van der Waals surface area contributed by atoms with E-state index < -0.39 is 5.97 Å². The fourth-order valence-electron chi connectivity index (χ4n) is 5.53. The Bertz CT molecular complexity index is 1260. The van der Waals surface area contributed by atoms with E-state index in [1.54, 1.807) is 4.90 Å². The van der Waals surface area contributed by atoms with Crippen LogP contribution in [0, 0.1) is 12.8 Å². The van der Waals surface area contributed by atoms with Crippen LogP contribution < -0.4 is 0 Å². The lowest BCUT2D eigenvalue weighted by Crippen LogP contribution is -2.35. The Morgan fingerprint density at radius 3 is 2.68 bits per heavy atom. The Balaban J connectivity index is 1.58. The number of aryl methyl sites for hydroxylation is 1. The molecule has 0 unspecified atom stereocenters. The maximum Gasteiger partial charge on any atom is 0.409 e. The highest BCUT2D eigenvalue weighted by Crippen LogP contribution is 2.44. The van der Waals surface area contributed by atoms with E-state index in [0.717, 1.165) is 35.3 Å². The van der Waals surface area contributed by atoms with E-state index in [4.69, 9.17) is 9.72 Å². The number of fused-ring (bicyclic) bond motifs is 3. The molecule has 1 aliphatic heterocycles. The summed E-state index contributed by atoms with van der Waals surface area (Å²) in [5.41, 5.74) is 6.84. The van der Waals surface area contributed by atoms with Gasteiger partial charge in [0.1, 0.15) is 5.82 Å². The lowest BCUT2D eigenvalue weighted by Gasteiger charge is -2.33. The number of amides is 1. The van der Waals surface area contributed by atoms with Crippen LogP contribution in [0.2, 0.25) is 0 Å². The zero-order valence-electron chi connectivity index (χ0n) is 20.0. The second-order valence-electron chi connectivity index (χ2n) is 9.74. The number of carbonyl (C=O) groups is 2.